The van der Waals surface area contributed by atoms with E-state index in [0.717, 1.165) is 5.56 Å². The van der Waals surface area contributed by atoms with E-state index in [1.807, 2.05) is 12.1 Å². The summed E-state index contributed by atoms with van der Waals surface area (Å²) in [6.45, 7) is 0. The van der Waals surface area contributed by atoms with Crippen molar-refractivity contribution in [3.05, 3.63) is 47.0 Å². The molecule has 0 heterocycles. The average Bonchev–Trinajstić information content (AvgIpc) is 2.46. The van der Waals surface area contributed by atoms with Gasteiger partial charge in [0.25, 0.3) is 0 Å². The van der Waals surface area contributed by atoms with Gasteiger partial charge in [-0.25, -0.2) is 0 Å². The molecule has 0 aliphatic rings. The molecular weight excluding hydrogens is 310 g/mol. The summed E-state index contributed by atoms with van der Waals surface area (Å²) < 4.78 is 22.8. The lowest BCUT2D eigenvalue weighted by Crippen LogP contribution is -1.99. The van der Waals surface area contributed by atoms with Crippen LogP contribution in [0.15, 0.2) is 41.3 Å². The Labute approximate surface area is 131 Å². The van der Waals surface area contributed by atoms with Crippen molar-refractivity contribution in [2.75, 3.05) is 20.0 Å². The molecule has 2 N–H and O–H groups in total. The highest BCUT2D eigenvalue weighted by atomic mass is 35.5. The first-order chi connectivity index (χ1) is 10.0. The Kier molecular flexibility index (Phi) is 5.09. The lowest BCUT2D eigenvalue weighted by molar-refractivity contribution is 0.354. The van der Waals surface area contributed by atoms with E-state index in [2.05, 4.69) is 0 Å². The van der Waals surface area contributed by atoms with E-state index >= 15 is 0 Å². The quantitative estimate of drug-likeness (QED) is 0.857. The molecule has 1 unspecified atom stereocenters. The first-order valence-corrected chi connectivity index (χ1v) is 7.89. The van der Waals surface area contributed by atoms with Crippen molar-refractivity contribution in [2.24, 2.45) is 0 Å². The maximum absolute atomic E-state index is 12.4. The van der Waals surface area contributed by atoms with E-state index in [1.165, 1.54) is 0 Å². The summed E-state index contributed by atoms with van der Waals surface area (Å²) >= 11 is 6.08. The number of rotatable bonds is 5. The second-order valence-corrected chi connectivity index (χ2v) is 6.20. The van der Waals surface area contributed by atoms with E-state index in [0.29, 0.717) is 32.9 Å². The highest BCUT2D eigenvalue weighted by molar-refractivity contribution is 7.84. The molecule has 0 fully saturated rings. The van der Waals surface area contributed by atoms with E-state index in [-0.39, 0.29) is 0 Å². The molecule has 4 nitrogen and oxygen atoms in total. The van der Waals surface area contributed by atoms with Crippen LogP contribution >= 0.6 is 11.6 Å². The van der Waals surface area contributed by atoms with Crippen LogP contribution in [0.1, 0.15) is 5.56 Å². The largest absolute Gasteiger partial charge is 0.493 e. The van der Waals surface area contributed by atoms with E-state index in [1.54, 1.807) is 38.5 Å². The van der Waals surface area contributed by atoms with E-state index in [4.69, 9.17) is 26.8 Å². The molecule has 2 aromatic rings. The summed E-state index contributed by atoms with van der Waals surface area (Å²) in [5.41, 5.74) is 7.06. The number of hydrogen-bond donors (Lipinski definition) is 1. The van der Waals surface area contributed by atoms with Crippen LogP contribution in [0.5, 0.6) is 11.5 Å². The van der Waals surface area contributed by atoms with Gasteiger partial charge in [0.1, 0.15) is 0 Å². The molecule has 0 radical (unpaired) electrons. The minimum Gasteiger partial charge on any atom is -0.493 e. The maximum Gasteiger partial charge on any atom is 0.161 e. The molecule has 0 spiro atoms. The number of methoxy groups -OCH3 is 2. The van der Waals surface area contributed by atoms with Crippen LogP contribution in [0.25, 0.3) is 0 Å². The van der Waals surface area contributed by atoms with Gasteiger partial charge < -0.3 is 15.2 Å². The van der Waals surface area contributed by atoms with Crippen LogP contribution in [0.4, 0.5) is 5.69 Å². The smallest absolute Gasteiger partial charge is 0.161 e. The number of halogens is 1. The van der Waals surface area contributed by atoms with Gasteiger partial charge in [-0.3, -0.25) is 4.21 Å². The zero-order valence-corrected chi connectivity index (χ0v) is 13.3. The Bertz CT molecular complexity index is 676. The number of nitrogen functional groups attached to an aromatic ring is 1. The minimum absolute atomic E-state index is 0.337. The Morgan fingerprint density at radius 3 is 2.43 bits per heavy atom. The van der Waals surface area contributed by atoms with Gasteiger partial charge in [0.15, 0.2) is 11.5 Å². The summed E-state index contributed by atoms with van der Waals surface area (Å²) in [5, 5.41) is 0.411. The number of benzene rings is 2. The second-order valence-electron chi connectivity index (χ2n) is 4.37. The first kappa shape index (κ1) is 15.7. The minimum atomic E-state index is -1.26. The fourth-order valence-corrected chi connectivity index (χ4v) is 3.48. The van der Waals surface area contributed by atoms with Crippen LogP contribution in [-0.2, 0) is 16.6 Å². The summed E-state index contributed by atoms with van der Waals surface area (Å²) in [7, 11) is 1.88. The lowest BCUT2D eigenvalue weighted by atomic mass is 10.2. The lowest BCUT2D eigenvalue weighted by Gasteiger charge is -2.10. The number of hydrogen-bond acceptors (Lipinski definition) is 4. The molecular formula is C15H16ClNO3S. The molecule has 2 rings (SSSR count). The van der Waals surface area contributed by atoms with E-state index in [9.17, 15) is 4.21 Å². The van der Waals surface area contributed by atoms with Gasteiger partial charge in [-0.1, -0.05) is 17.7 Å². The van der Waals surface area contributed by atoms with Crippen molar-refractivity contribution < 1.29 is 13.7 Å². The molecule has 0 aliphatic carbocycles. The predicted molar refractivity (Wildman–Crippen MR) is 85.5 cm³/mol. The zero-order chi connectivity index (χ0) is 15.4. The topological polar surface area (TPSA) is 61.5 Å². The summed E-state index contributed by atoms with van der Waals surface area (Å²) in [5.74, 6) is 1.58. The Hall–Kier alpha value is -1.72. The Balaban J connectivity index is 2.23. The summed E-state index contributed by atoms with van der Waals surface area (Å²) in [4.78, 5) is 0.570. The van der Waals surface area contributed by atoms with Gasteiger partial charge in [-0.2, -0.15) is 0 Å². The maximum atomic E-state index is 12.4. The molecule has 21 heavy (non-hydrogen) atoms. The highest BCUT2D eigenvalue weighted by Crippen LogP contribution is 2.29. The molecule has 0 saturated heterocycles. The van der Waals surface area contributed by atoms with Gasteiger partial charge in [0, 0.05) is 5.69 Å². The van der Waals surface area contributed by atoms with Crippen LogP contribution < -0.4 is 15.2 Å². The molecule has 0 amide bonds. The monoisotopic (exact) mass is 325 g/mol. The van der Waals surface area contributed by atoms with E-state index < -0.39 is 10.8 Å². The molecule has 0 bridgehead atoms. The zero-order valence-electron chi connectivity index (χ0n) is 11.8. The van der Waals surface area contributed by atoms with Crippen molar-refractivity contribution in [3.8, 4) is 11.5 Å². The fraction of sp³-hybridized carbons (Fsp3) is 0.200. The third-order valence-corrected chi connectivity index (χ3v) is 4.81. The van der Waals surface area contributed by atoms with Gasteiger partial charge in [0.2, 0.25) is 0 Å². The van der Waals surface area contributed by atoms with Crippen molar-refractivity contribution in [1.82, 2.24) is 0 Å². The number of anilines is 1. The standard InChI is InChI=1S/C15H16ClNO3S/c1-19-13-5-3-10(7-14(13)20-2)9-21(18)15-6-4-11(17)8-12(15)16/h3-8H,9,17H2,1-2H3. The molecule has 0 aliphatic heterocycles. The van der Waals surface area contributed by atoms with Crippen LogP contribution in [-0.4, -0.2) is 18.4 Å². The molecule has 6 heteroatoms. The summed E-state index contributed by atoms with van der Waals surface area (Å²) in [6, 6.07) is 10.4. The summed E-state index contributed by atoms with van der Waals surface area (Å²) in [6.07, 6.45) is 0. The Morgan fingerprint density at radius 2 is 1.81 bits per heavy atom. The third-order valence-electron chi connectivity index (χ3n) is 2.95. The number of nitrogens with two attached hydrogens (primary N) is 1. The number of ether oxygens (including phenoxy) is 2. The van der Waals surface area contributed by atoms with Crippen molar-refractivity contribution in [3.63, 3.8) is 0 Å². The fourth-order valence-electron chi connectivity index (χ4n) is 1.90. The molecule has 2 aromatic carbocycles. The molecule has 0 aromatic heterocycles. The molecule has 1 atom stereocenters. The first-order valence-electron chi connectivity index (χ1n) is 6.19. The molecule has 0 saturated carbocycles. The highest BCUT2D eigenvalue weighted by Gasteiger charge is 2.12. The van der Waals surface area contributed by atoms with Crippen molar-refractivity contribution in [2.45, 2.75) is 10.6 Å². The Morgan fingerprint density at radius 1 is 1.10 bits per heavy atom. The van der Waals surface area contributed by atoms with Gasteiger partial charge >= 0.3 is 0 Å². The van der Waals surface area contributed by atoms with Crippen molar-refractivity contribution in [1.29, 1.82) is 0 Å². The van der Waals surface area contributed by atoms with Crippen molar-refractivity contribution >= 4 is 28.1 Å². The van der Waals surface area contributed by atoms with Crippen LogP contribution in [0, 0.1) is 0 Å². The van der Waals surface area contributed by atoms with Crippen LogP contribution in [0.2, 0.25) is 5.02 Å². The van der Waals surface area contributed by atoms with Gasteiger partial charge in [-0.05, 0) is 35.9 Å². The van der Waals surface area contributed by atoms with Gasteiger partial charge in [-0.15, -0.1) is 0 Å². The normalized spacial score (nSPS) is 12.0. The SMILES string of the molecule is COc1ccc(CS(=O)c2ccc(N)cc2Cl)cc1OC. The molecule has 112 valence electrons. The van der Waals surface area contributed by atoms with Crippen LogP contribution in [0.3, 0.4) is 0 Å². The second kappa shape index (κ2) is 6.83. The predicted octanol–water partition coefficient (Wildman–Crippen LogP) is 3.25. The third kappa shape index (κ3) is 3.68. The average molecular weight is 326 g/mol. The van der Waals surface area contributed by atoms with Gasteiger partial charge in [0.05, 0.1) is 40.7 Å².